The Balaban J connectivity index is 1.66. The van der Waals surface area contributed by atoms with Gasteiger partial charge in [0.05, 0.1) is 37.2 Å². The Kier molecular flexibility index (Phi) is 4.97. The van der Waals surface area contributed by atoms with Crippen LogP contribution in [-0.2, 0) is 4.79 Å². The van der Waals surface area contributed by atoms with E-state index in [0.29, 0.717) is 28.9 Å². The Hall–Kier alpha value is -3.59. The molecule has 3 heterocycles. The van der Waals surface area contributed by atoms with E-state index in [0.717, 1.165) is 32.8 Å². The molecule has 2 aromatic carbocycles. The van der Waals surface area contributed by atoms with Crippen molar-refractivity contribution in [1.29, 1.82) is 0 Å². The summed E-state index contributed by atoms with van der Waals surface area (Å²) in [5.41, 5.74) is 3.51. The Bertz CT molecular complexity index is 1340. The van der Waals surface area contributed by atoms with Gasteiger partial charge in [-0.2, -0.15) is 9.78 Å². The zero-order valence-electron chi connectivity index (χ0n) is 18.1. The molecule has 2 aromatic heterocycles. The number of amides is 1. The van der Waals surface area contributed by atoms with Gasteiger partial charge in [-0.05, 0) is 43.3 Å². The van der Waals surface area contributed by atoms with E-state index in [1.54, 1.807) is 26.0 Å². The molecule has 0 radical (unpaired) electrons. The number of nitrogens with one attached hydrogen (secondary N) is 1. The summed E-state index contributed by atoms with van der Waals surface area (Å²) in [6.45, 7) is 1.95. The molecule has 0 spiro atoms. The van der Waals surface area contributed by atoms with Crippen LogP contribution in [0.3, 0.4) is 0 Å². The number of carbonyl (C=O) groups excluding carboxylic acids is 1. The zero-order valence-corrected chi connectivity index (χ0v) is 18.9. The maximum Gasteiger partial charge on any atom is 0.226 e. The predicted molar refractivity (Wildman–Crippen MR) is 123 cm³/mol. The minimum absolute atomic E-state index is 0.0868. The van der Waals surface area contributed by atoms with Crippen LogP contribution >= 0.6 is 11.3 Å². The minimum Gasteiger partial charge on any atom is -0.497 e. The van der Waals surface area contributed by atoms with Gasteiger partial charge in [-0.3, -0.25) is 4.79 Å². The van der Waals surface area contributed by atoms with Crippen molar-refractivity contribution in [2.45, 2.75) is 19.3 Å². The molecule has 0 saturated carbocycles. The number of carbonyl (C=O) groups is 1. The standard InChI is InChI=1S/C23H22N4O4S/c1-12-21-16(15-9-13(29-2)6-8-18(15)31-4)11-20(28)25-22(21)27(26-12)23-24-17-7-5-14(30-3)10-19(17)32-23/h5-10,16H,11H2,1-4H3,(H,25,28)/t16-/m1/s1. The van der Waals surface area contributed by atoms with Crippen LogP contribution < -0.4 is 19.5 Å². The van der Waals surface area contributed by atoms with Crippen LogP contribution in [0, 0.1) is 6.92 Å². The quantitative estimate of drug-likeness (QED) is 0.488. The number of aryl methyl sites for hydroxylation is 1. The molecule has 1 aliphatic rings. The average molecular weight is 451 g/mol. The van der Waals surface area contributed by atoms with Crippen molar-refractivity contribution in [2.75, 3.05) is 26.6 Å². The van der Waals surface area contributed by atoms with Gasteiger partial charge in [-0.15, -0.1) is 0 Å². The first-order valence-electron chi connectivity index (χ1n) is 10.1. The number of thiazole rings is 1. The fourth-order valence-corrected chi connectivity index (χ4v) is 5.13. The molecule has 1 N–H and O–H groups in total. The van der Waals surface area contributed by atoms with Gasteiger partial charge in [0.25, 0.3) is 0 Å². The molecule has 5 rings (SSSR count). The average Bonchev–Trinajstić information content (AvgIpc) is 3.38. The third-order valence-corrected chi connectivity index (χ3v) is 6.67. The third kappa shape index (κ3) is 3.25. The lowest BCUT2D eigenvalue weighted by Crippen LogP contribution is -2.25. The molecule has 0 unspecified atom stereocenters. The molecule has 32 heavy (non-hydrogen) atoms. The fourth-order valence-electron chi connectivity index (χ4n) is 4.17. The number of hydrogen-bond donors (Lipinski definition) is 1. The first-order chi connectivity index (χ1) is 15.5. The summed E-state index contributed by atoms with van der Waals surface area (Å²) in [5, 5.41) is 8.44. The van der Waals surface area contributed by atoms with Crippen LogP contribution in [0.4, 0.5) is 5.82 Å². The summed E-state index contributed by atoms with van der Waals surface area (Å²) in [7, 11) is 4.88. The molecule has 4 aromatic rings. The maximum absolute atomic E-state index is 12.8. The van der Waals surface area contributed by atoms with Gasteiger partial charge in [-0.1, -0.05) is 11.3 Å². The summed E-state index contributed by atoms with van der Waals surface area (Å²) in [6.07, 6.45) is 0.292. The predicted octanol–water partition coefficient (Wildman–Crippen LogP) is 4.29. The van der Waals surface area contributed by atoms with Crippen molar-refractivity contribution in [1.82, 2.24) is 14.8 Å². The van der Waals surface area contributed by atoms with Gasteiger partial charge in [0, 0.05) is 23.5 Å². The van der Waals surface area contributed by atoms with Gasteiger partial charge in [0.15, 0.2) is 0 Å². The number of aromatic nitrogens is 3. The number of rotatable bonds is 5. The number of ether oxygens (including phenoxy) is 3. The first kappa shape index (κ1) is 20.3. The minimum atomic E-state index is -0.216. The van der Waals surface area contributed by atoms with Crippen molar-refractivity contribution in [3.05, 3.63) is 53.2 Å². The molecule has 0 bridgehead atoms. The van der Waals surface area contributed by atoms with E-state index in [9.17, 15) is 4.79 Å². The Labute approximate surface area is 188 Å². The molecule has 0 fully saturated rings. The lowest BCUT2D eigenvalue weighted by molar-refractivity contribution is -0.116. The second-order valence-corrected chi connectivity index (χ2v) is 8.51. The van der Waals surface area contributed by atoms with Crippen LogP contribution in [0.2, 0.25) is 0 Å². The number of hydrogen-bond acceptors (Lipinski definition) is 7. The zero-order chi connectivity index (χ0) is 22.4. The Morgan fingerprint density at radius 2 is 1.81 bits per heavy atom. The number of benzene rings is 2. The van der Waals surface area contributed by atoms with Crippen LogP contribution in [-0.4, -0.2) is 42.0 Å². The summed E-state index contributed by atoms with van der Waals surface area (Å²) >= 11 is 1.49. The smallest absolute Gasteiger partial charge is 0.226 e. The highest BCUT2D eigenvalue weighted by molar-refractivity contribution is 7.20. The molecule has 1 aliphatic heterocycles. The highest BCUT2D eigenvalue weighted by Crippen LogP contribution is 2.44. The number of fused-ring (bicyclic) bond motifs is 2. The number of anilines is 1. The summed E-state index contributed by atoms with van der Waals surface area (Å²) < 4.78 is 19.1. The van der Waals surface area contributed by atoms with E-state index >= 15 is 0 Å². The van der Waals surface area contributed by atoms with Crippen molar-refractivity contribution in [3.63, 3.8) is 0 Å². The molecule has 0 saturated heterocycles. The number of nitrogens with zero attached hydrogens (tertiary/aromatic N) is 3. The maximum atomic E-state index is 12.8. The SMILES string of the molecule is COc1ccc(OC)c([C@H]2CC(=O)Nc3c2c(C)nn3-c2nc3ccc(OC)cc3s2)c1. The molecule has 0 aliphatic carbocycles. The Morgan fingerprint density at radius 1 is 1.06 bits per heavy atom. The van der Waals surface area contributed by atoms with Gasteiger partial charge in [0.2, 0.25) is 11.0 Å². The highest BCUT2D eigenvalue weighted by Gasteiger charge is 2.35. The molecule has 164 valence electrons. The second kappa shape index (κ2) is 7.83. The second-order valence-electron chi connectivity index (χ2n) is 7.50. The third-order valence-electron chi connectivity index (χ3n) is 5.68. The molecule has 8 nitrogen and oxygen atoms in total. The van der Waals surface area contributed by atoms with E-state index in [1.807, 2.05) is 43.3 Å². The summed E-state index contributed by atoms with van der Waals surface area (Å²) in [4.78, 5) is 17.5. The monoisotopic (exact) mass is 450 g/mol. The van der Waals surface area contributed by atoms with Crippen LogP contribution in [0.25, 0.3) is 15.3 Å². The van der Waals surface area contributed by atoms with Gasteiger partial charge in [-0.25, -0.2) is 4.98 Å². The topological polar surface area (TPSA) is 87.5 Å². The number of methoxy groups -OCH3 is 3. The van der Waals surface area contributed by atoms with Crippen LogP contribution in [0.15, 0.2) is 36.4 Å². The highest BCUT2D eigenvalue weighted by atomic mass is 32.1. The van der Waals surface area contributed by atoms with Crippen molar-refractivity contribution in [2.24, 2.45) is 0 Å². The van der Waals surface area contributed by atoms with Gasteiger partial charge < -0.3 is 19.5 Å². The van der Waals surface area contributed by atoms with Crippen LogP contribution in [0.1, 0.15) is 29.2 Å². The van der Waals surface area contributed by atoms with Crippen LogP contribution in [0.5, 0.6) is 17.2 Å². The van der Waals surface area contributed by atoms with Crippen molar-refractivity contribution < 1.29 is 19.0 Å². The molecule has 1 atom stereocenters. The van der Waals surface area contributed by atoms with Gasteiger partial charge in [0.1, 0.15) is 23.1 Å². The van der Waals surface area contributed by atoms with E-state index in [4.69, 9.17) is 24.3 Å². The fraction of sp³-hybridized carbons (Fsp3) is 0.261. The van der Waals surface area contributed by atoms with Gasteiger partial charge >= 0.3 is 0 Å². The molecule has 1 amide bonds. The summed E-state index contributed by atoms with van der Waals surface area (Å²) in [5.74, 6) is 2.52. The molecular formula is C23H22N4O4S. The molecule has 9 heteroatoms. The van der Waals surface area contributed by atoms with E-state index in [2.05, 4.69) is 5.32 Å². The first-order valence-corrected chi connectivity index (χ1v) is 10.9. The van der Waals surface area contributed by atoms with E-state index in [1.165, 1.54) is 11.3 Å². The van der Waals surface area contributed by atoms with E-state index < -0.39 is 0 Å². The van der Waals surface area contributed by atoms with Crippen molar-refractivity contribution >= 4 is 33.3 Å². The van der Waals surface area contributed by atoms with Crippen molar-refractivity contribution in [3.8, 4) is 22.4 Å². The lowest BCUT2D eigenvalue weighted by atomic mass is 9.85. The summed E-state index contributed by atoms with van der Waals surface area (Å²) in [6, 6.07) is 11.4. The normalized spacial score (nSPS) is 15.4. The Morgan fingerprint density at radius 3 is 2.56 bits per heavy atom. The molecular weight excluding hydrogens is 428 g/mol. The lowest BCUT2D eigenvalue weighted by Gasteiger charge is -2.25. The van der Waals surface area contributed by atoms with E-state index in [-0.39, 0.29) is 11.8 Å². The largest absolute Gasteiger partial charge is 0.497 e.